The fourth-order valence-corrected chi connectivity index (χ4v) is 8.04. The zero-order valence-corrected chi connectivity index (χ0v) is 16.4. The molecule has 0 bridgehead atoms. The summed E-state index contributed by atoms with van der Waals surface area (Å²) in [5, 5.41) is 11.6. The van der Waals surface area contributed by atoms with E-state index in [2.05, 4.69) is 20.8 Å². The Bertz CT molecular complexity index is 562. The number of aliphatic hydroxyl groups is 1. The molecule has 3 N–H and O–H groups in total. The Morgan fingerprint density at radius 3 is 2.56 bits per heavy atom. The molecule has 4 saturated carbocycles. The first-order valence-corrected chi connectivity index (χ1v) is 10.8. The number of hydrogen-bond acceptors (Lipinski definition) is 3. The van der Waals surface area contributed by atoms with Gasteiger partial charge in [0.25, 0.3) is 0 Å². The van der Waals surface area contributed by atoms with Crippen LogP contribution in [0, 0.1) is 34.5 Å². The zero-order chi connectivity index (χ0) is 18.0. The smallest absolute Gasteiger partial charge is 0.133 e. The fourth-order valence-electron chi connectivity index (χ4n) is 8.04. The van der Waals surface area contributed by atoms with Crippen LogP contribution in [-0.4, -0.2) is 22.5 Å². The molecule has 0 spiro atoms. The van der Waals surface area contributed by atoms with Crippen LogP contribution in [-0.2, 0) is 4.79 Å². The van der Waals surface area contributed by atoms with Crippen molar-refractivity contribution in [1.82, 2.24) is 0 Å². The van der Waals surface area contributed by atoms with Gasteiger partial charge in [0.15, 0.2) is 0 Å². The van der Waals surface area contributed by atoms with Gasteiger partial charge in [-0.25, -0.2) is 0 Å². The van der Waals surface area contributed by atoms with Gasteiger partial charge in [0.05, 0.1) is 5.60 Å². The van der Waals surface area contributed by atoms with Gasteiger partial charge < -0.3 is 10.8 Å². The van der Waals surface area contributed by atoms with E-state index in [1.807, 2.05) is 0 Å². The standard InChI is InChI=1S/C22H37NO2/c1-4-19(23)22(25)12-9-18-16-6-5-14-13-15(24)7-10-20(14,2)17(16)8-11-21(18,22)3/h14,16-19,25H,4-13,23H2,1-3H3/t14?,16-,17-,18+,19?,20+,21+,22?/m1/s1. The van der Waals surface area contributed by atoms with Crippen molar-refractivity contribution in [3.8, 4) is 0 Å². The second kappa shape index (κ2) is 5.79. The second-order valence-electron chi connectivity index (χ2n) is 10.3. The molecular weight excluding hydrogens is 310 g/mol. The maximum absolute atomic E-state index is 12.0. The fraction of sp³-hybridized carbons (Fsp3) is 0.955. The van der Waals surface area contributed by atoms with Gasteiger partial charge in [-0.1, -0.05) is 20.8 Å². The third-order valence-corrected chi connectivity index (χ3v) is 9.75. The molecule has 0 aromatic heterocycles. The van der Waals surface area contributed by atoms with Gasteiger partial charge in [-0.05, 0) is 80.5 Å². The monoisotopic (exact) mass is 347 g/mol. The molecular formula is C22H37NO2. The van der Waals surface area contributed by atoms with E-state index >= 15 is 0 Å². The van der Waals surface area contributed by atoms with Crippen molar-refractivity contribution in [2.75, 3.05) is 0 Å². The predicted octanol–water partition coefficient (Wildman–Crippen LogP) is 4.07. The molecule has 0 amide bonds. The van der Waals surface area contributed by atoms with E-state index < -0.39 is 5.60 Å². The first-order chi connectivity index (χ1) is 11.8. The molecule has 0 radical (unpaired) electrons. The summed E-state index contributed by atoms with van der Waals surface area (Å²) in [6, 6.07) is -0.0988. The van der Waals surface area contributed by atoms with Crippen molar-refractivity contribution in [1.29, 1.82) is 0 Å². The second-order valence-corrected chi connectivity index (χ2v) is 10.3. The number of rotatable bonds is 2. The van der Waals surface area contributed by atoms with E-state index in [9.17, 15) is 9.90 Å². The highest BCUT2D eigenvalue weighted by Crippen LogP contribution is 2.68. The van der Waals surface area contributed by atoms with Gasteiger partial charge in [-0.15, -0.1) is 0 Å². The molecule has 142 valence electrons. The van der Waals surface area contributed by atoms with Crippen molar-refractivity contribution in [2.24, 2.45) is 40.2 Å². The molecule has 4 rings (SSSR count). The Morgan fingerprint density at radius 1 is 1.12 bits per heavy atom. The van der Waals surface area contributed by atoms with Crippen molar-refractivity contribution in [3.63, 3.8) is 0 Å². The van der Waals surface area contributed by atoms with Crippen LogP contribution >= 0.6 is 0 Å². The molecule has 3 unspecified atom stereocenters. The van der Waals surface area contributed by atoms with Gasteiger partial charge in [-0.3, -0.25) is 4.79 Å². The minimum absolute atomic E-state index is 0.0166. The number of nitrogens with two attached hydrogens (primary N) is 1. The topological polar surface area (TPSA) is 63.3 Å². The molecule has 8 atom stereocenters. The third kappa shape index (κ3) is 2.27. The van der Waals surface area contributed by atoms with Crippen LogP contribution in [0.15, 0.2) is 0 Å². The molecule has 3 nitrogen and oxygen atoms in total. The first-order valence-electron chi connectivity index (χ1n) is 10.8. The van der Waals surface area contributed by atoms with Crippen molar-refractivity contribution < 1.29 is 9.90 Å². The number of Topliss-reactive ketones (excluding diaryl/α,β-unsaturated/α-hetero) is 1. The highest BCUT2D eigenvalue weighted by atomic mass is 16.3. The van der Waals surface area contributed by atoms with E-state index in [-0.39, 0.29) is 11.5 Å². The SMILES string of the molecule is CCC(N)C1(O)CC[C@H]2[C@@H]3CCC4CC(=O)CC[C@]4(C)[C@@H]3CC[C@@]21C. The van der Waals surface area contributed by atoms with Crippen LogP contribution in [0.4, 0.5) is 0 Å². The largest absolute Gasteiger partial charge is 0.388 e. The lowest BCUT2D eigenvalue weighted by Gasteiger charge is -2.61. The average molecular weight is 348 g/mol. The van der Waals surface area contributed by atoms with Crippen molar-refractivity contribution >= 4 is 5.78 Å². The lowest BCUT2D eigenvalue weighted by molar-refractivity contribution is -0.162. The summed E-state index contributed by atoms with van der Waals surface area (Å²) in [7, 11) is 0. The number of ketones is 1. The summed E-state index contributed by atoms with van der Waals surface area (Å²) in [5.74, 6) is 3.19. The number of carbonyl (C=O) groups is 1. The highest BCUT2D eigenvalue weighted by Gasteiger charge is 2.65. The van der Waals surface area contributed by atoms with Crippen LogP contribution in [0.25, 0.3) is 0 Å². The summed E-state index contributed by atoms with van der Waals surface area (Å²) >= 11 is 0. The highest BCUT2D eigenvalue weighted by molar-refractivity contribution is 5.79. The predicted molar refractivity (Wildman–Crippen MR) is 100.0 cm³/mol. The molecule has 4 aliphatic carbocycles. The molecule has 25 heavy (non-hydrogen) atoms. The van der Waals surface area contributed by atoms with Crippen molar-refractivity contribution in [3.05, 3.63) is 0 Å². The number of carbonyl (C=O) groups excluding carboxylic acids is 1. The summed E-state index contributed by atoms with van der Waals surface area (Å²) < 4.78 is 0. The lowest BCUT2D eigenvalue weighted by Crippen LogP contribution is -2.61. The normalized spacial score (nSPS) is 53.7. The average Bonchev–Trinajstić information content (AvgIpc) is 2.87. The maximum Gasteiger partial charge on any atom is 0.133 e. The van der Waals surface area contributed by atoms with Gasteiger partial charge in [0, 0.05) is 24.3 Å². The Kier molecular flexibility index (Phi) is 4.16. The van der Waals surface area contributed by atoms with E-state index in [1.165, 1.54) is 19.3 Å². The van der Waals surface area contributed by atoms with Crippen LogP contribution in [0.2, 0.25) is 0 Å². The number of hydrogen-bond donors (Lipinski definition) is 2. The van der Waals surface area contributed by atoms with E-state index in [4.69, 9.17) is 5.73 Å². The van der Waals surface area contributed by atoms with Crippen molar-refractivity contribution in [2.45, 2.75) is 96.6 Å². The molecule has 4 fully saturated rings. The molecule has 0 saturated heterocycles. The Labute approximate surface area is 153 Å². The number of fused-ring (bicyclic) bond motifs is 5. The molecule has 0 aromatic carbocycles. The van der Waals surface area contributed by atoms with Gasteiger partial charge in [0.2, 0.25) is 0 Å². The van der Waals surface area contributed by atoms with Crippen LogP contribution in [0.1, 0.15) is 85.0 Å². The van der Waals surface area contributed by atoms with Gasteiger partial charge in [0.1, 0.15) is 5.78 Å². The molecule has 0 aliphatic heterocycles. The molecule has 4 aliphatic rings. The first kappa shape index (κ1) is 18.0. The lowest BCUT2D eigenvalue weighted by atomic mass is 9.44. The quantitative estimate of drug-likeness (QED) is 0.791. The summed E-state index contributed by atoms with van der Waals surface area (Å²) in [6.07, 6.45) is 10.4. The van der Waals surface area contributed by atoms with Crippen LogP contribution in [0.5, 0.6) is 0 Å². The summed E-state index contributed by atoms with van der Waals surface area (Å²) in [5.41, 5.74) is 6.09. The molecule has 3 heteroatoms. The van der Waals surface area contributed by atoms with Crippen LogP contribution < -0.4 is 5.73 Å². The van der Waals surface area contributed by atoms with Crippen LogP contribution in [0.3, 0.4) is 0 Å². The Hall–Kier alpha value is -0.410. The molecule has 0 aromatic rings. The van der Waals surface area contributed by atoms with E-state index in [0.29, 0.717) is 23.0 Å². The Morgan fingerprint density at radius 2 is 1.84 bits per heavy atom. The summed E-state index contributed by atoms with van der Waals surface area (Å²) in [4.78, 5) is 12.0. The van der Waals surface area contributed by atoms with E-state index in [1.54, 1.807) is 0 Å². The van der Waals surface area contributed by atoms with Gasteiger partial charge >= 0.3 is 0 Å². The Balaban J connectivity index is 1.63. The summed E-state index contributed by atoms with van der Waals surface area (Å²) in [6.45, 7) is 6.94. The minimum atomic E-state index is -0.683. The third-order valence-electron chi connectivity index (χ3n) is 9.75. The minimum Gasteiger partial charge on any atom is -0.388 e. The van der Waals surface area contributed by atoms with Gasteiger partial charge in [-0.2, -0.15) is 0 Å². The maximum atomic E-state index is 12.0. The zero-order valence-electron chi connectivity index (χ0n) is 16.4. The molecule has 0 heterocycles. The van der Waals surface area contributed by atoms with E-state index in [0.717, 1.165) is 56.8 Å².